The third-order valence-corrected chi connectivity index (χ3v) is 2.63. The Bertz CT molecular complexity index is 173. The van der Waals surface area contributed by atoms with Crippen LogP contribution in [-0.4, -0.2) is 0 Å². The Morgan fingerprint density at radius 3 is 2.75 bits per heavy atom. The highest BCUT2D eigenvalue weighted by atomic mass is 79.9. The van der Waals surface area contributed by atoms with E-state index in [0.29, 0.717) is 0 Å². The minimum Gasteiger partial charge on any atom is -0.353 e. The summed E-state index contributed by atoms with van der Waals surface area (Å²) in [6.45, 7) is 0.899. The second kappa shape index (κ2) is 2.62. The molecular formula is C5H7BrNS+. The predicted octanol–water partition coefficient (Wildman–Crippen LogP) is 1.25. The Labute approximate surface area is 60.6 Å². The fraction of sp³-hybridized carbons (Fsp3) is 0.200. The molecule has 0 radical (unpaired) electrons. The van der Waals surface area contributed by atoms with E-state index in [4.69, 9.17) is 0 Å². The number of thiophene rings is 1. The Hall–Kier alpha value is 0.140. The van der Waals surface area contributed by atoms with Crippen LogP contribution >= 0.6 is 27.3 Å². The SMILES string of the molecule is [NH3+]Cc1cc(Br)cs1. The number of hydrogen-bond donors (Lipinski definition) is 1. The summed E-state index contributed by atoms with van der Waals surface area (Å²) in [5, 5.41) is 2.07. The Balaban J connectivity index is 2.84. The van der Waals surface area contributed by atoms with Crippen molar-refractivity contribution in [1.82, 2.24) is 0 Å². The predicted molar refractivity (Wildman–Crippen MR) is 38.6 cm³/mol. The third-order valence-electron chi connectivity index (χ3n) is 0.868. The molecule has 1 rings (SSSR count). The first-order valence-electron chi connectivity index (χ1n) is 2.35. The topological polar surface area (TPSA) is 27.6 Å². The van der Waals surface area contributed by atoms with Gasteiger partial charge in [0.15, 0.2) is 0 Å². The Morgan fingerprint density at radius 2 is 2.50 bits per heavy atom. The van der Waals surface area contributed by atoms with Crippen molar-refractivity contribution < 1.29 is 5.73 Å². The first kappa shape index (κ1) is 6.26. The summed E-state index contributed by atoms with van der Waals surface area (Å²) in [5.41, 5.74) is 3.76. The van der Waals surface area contributed by atoms with Gasteiger partial charge in [-0.1, -0.05) is 0 Å². The quantitative estimate of drug-likeness (QED) is 0.695. The smallest absolute Gasteiger partial charge is 0.109 e. The number of halogens is 1. The van der Waals surface area contributed by atoms with Gasteiger partial charge in [-0.05, 0) is 22.0 Å². The normalized spacial score (nSPS) is 9.75. The van der Waals surface area contributed by atoms with Crippen molar-refractivity contribution in [3.05, 3.63) is 20.8 Å². The molecule has 0 unspecified atom stereocenters. The van der Waals surface area contributed by atoms with Crippen LogP contribution in [0.5, 0.6) is 0 Å². The van der Waals surface area contributed by atoms with E-state index in [1.165, 1.54) is 9.35 Å². The minimum atomic E-state index is 0.899. The molecule has 1 aromatic heterocycles. The van der Waals surface area contributed by atoms with Crippen LogP contribution < -0.4 is 5.73 Å². The monoisotopic (exact) mass is 192 g/mol. The maximum absolute atomic E-state index is 3.76. The Kier molecular flexibility index (Phi) is 2.05. The lowest BCUT2D eigenvalue weighted by Crippen LogP contribution is -2.47. The molecule has 1 aromatic rings. The standard InChI is InChI=1S/C5H6BrNS/c6-4-1-5(2-7)8-3-4/h1,3H,2,7H2/p+1. The maximum Gasteiger partial charge on any atom is 0.109 e. The highest BCUT2D eigenvalue weighted by Crippen LogP contribution is 2.18. The zero-order valence-electron chi connectivity index (χ0n) is 4.36. The number of hydrogen-bond acceptors (Lipinski definition) is 1. The lowest BCUT2D eigenvalue weighted by atomic mass is 10.5. The van der Waals surface area contributed by atoms with E-state index in [1.807, 2.05) is 0 Å². The summed E-state index contributed by atoms with van der Waals surface area (Å²) in [7, 11) is 0. The fourth-order valence-electron chi connectivity index (χ4n) is 0.485. The molecule has 0 aromatic carbocycles. The zero-order valence-corrected chi connectivity index (χ0v) is 6.76. The Morgan fingerprint density at radius 1 is 1.75 bits per heavy atom. The van der Waals surface area contributed by atoms with Gasteiger partial charge in [0.2, 0.25) is 0 Å². The van der Waals surface area contributed by atoms with Gasteiger partial charge in [0, 0.05) is 9.85 Å². The van der Waals surface area contributed by atoms with Gasteiger partial charge in [-0.15, -0.1) is 11.3 Å². The average Bonchev–Trinajstić information content (AvgIpc) is 2.14. The molecule has 1 heterocycles. The van der Waals surface area contributed by atoms with E-state index in [1.54, 1.807) is 11.3 Å². The summed E-state index contributed by atoms with van der Waals surface area (Å²) < 4.78 is 1.17. The third kappa shape index (κ3) is 1.31. The lowest BCUT2D eigenvalue weighted by molar-refractivity contribution is -0.385. The molecule has 0 fully saturated rings. The highest BCUT2D eigenvalue weighted by Gasteiger charge is 1.93. The van der Waals surface area contributed by atoms with Crippen LogP contribution in [0.15, 0.2) is 15.9 Å². The van der Waals surface area contributed by atoms with Crippen LogP contribution in [0, 0.1) is 0 Å². The summed E-state index contributed by atoms with van der Waals surface area (Å²) in [4.78, 5) is 1.33. The van der Waals surface area contributed by atoms with Crippen molar-refractivity contribution in [3.63, 3.8) is 0 Å². The van der Waals surface area contributed by atoms with Crippen LogP contribution in [0.25, 0.3) is 0 Å². The van der Waals surface area contributed by atoms with E-state index < -0.39 is 0 Å². The highest BCUT2D eigenvalue weighted by molar-refractivity contribution is 9.10. The van der Waals surface area contributed by atoms with E-state index >= 15 is 0 Å². The first-order chi connectivity index (χ1) is 3.83. The van der Waals surface area contributed by atoms with Crippen LogP contribution in [-0.2, 0) is 6.54 Å². The molecule has 0 aliphatic rings. The summed E-state index contributed by atoms with van der Waals surface area (Å²) in [5.74, 6) is 0. The molecule has 0 atom stereocenters. The molecule has 0 amide bonds. The van der Waals surface area contributed by atoms with Crippen LogP contribution in [0.3, 0.4) is 0 Å². The van der Waals surface area contributed by atoms with Crippen molar-refractivity contribution in [1.29, 1.82) is 0 Å². The van der Waals surface area contributed by atoms with Gasteiger partial charge in [0.05, 0.1) is 4.88 Å². The molecule has 44 valence electrons. The summed E-state index contributed by atoms with van der Waals surface area (Å²) in [6, 6.07) is 2.09. The van der Waals surface area contributed by atoms with E-state index in [2.05, 4.69) is 33.1 Å². The molecule has 3 heteroatoms. The van der Waals surface area contributed by atoms with Crippen molar-refractivity contribution in [3.8, 4) is 0 Å². The van der Waals surface area contributed by atoms with Gasteiger partial charge in [-0.2, -0.15) is 0 Å². The molecule has 0 aliphatic heterocycles. The second-order valence-electron chi connectivity index (χ2n) is 1.48. The number of rotatable bonds is 1. The molecule has 0 spiro atoms. The van der Waals surface area contributed by atoms with Crippen molar-refractivity contribution in [2.24, 2.45) is 0 Å². The maximum atomic E-state index is 3.76. The second-order valence-corrected chi connectivity index (χ2v) is 3.39. The largest absolute Gasteiger partial charge is 0.353 e. The van der Waals surface area contributed by atoms with E-state index in [-0.39, 0.29) is 0 Å². The first-order valence-corrected chi connectivity index (χ1v) is 4.02. The molecule has 0 saturated heterocycles. The molecule has 0 aliphatic carbocycles. The van der Waals surface area contributed by atoms with Gasteiger partial charge in [0.25, 0.3) is 0 Å². The van der Waals surface area contributed by atoms with Gasteiger partial charge >= 0.3 is 0 Å². The minimum absolute atomic E-state index is 0.899. The number of quaternary nitrogens is 1. The molecule has 0 saturated carbocycles. The molecule has 1 nitrogen and oxygen atoms in total. The van der Waals surface area contributed by atoms with Gasteiger partial charge < -0.3 is 5.73 Å². The average molecular weight is 193 g/mol. The molecule has 8 heavy (non-hydrogen) atoms. The van der Waals surface area contributed by atoms with Gasteiger partial charge in [-0.25, -0.2) is 0 Å². The van der Waals surface area contributed by atoms with Crippen LogP contribution in [0.2, 0.25) is 0 Å². The van der Waals surface area contributed by atoms with E-state index in [9.17, 15) is 0 Å². The zero-order chi connectivity index (χ0) is 5.98. The summed E-state index contributed by atoms with van der Waals surface area (Å²) in [6.07, 6.45) is 0. The van der Waals surface area contributed by atoms with E-state index in [0.717, 1.165) is 6.54 Å². The van der Waals surface area contributed by atoms with Crippen LogP contribution in [0.1, 0.15) is 4.88 Å². The molecular weight excluding hydrogens is 186 g/mol. The van der Waals surface area contributed by atoms with Crippen molar-refractivity contribution in [2.75, 3.05) is 0 Å². The van der Waals surface area contributed by atoms with Crippen molar-refractivity contribution in [2.45, 2.75) is 6.54 Å². The lowest BCUT2D eigenvalue weighted by Gasteiger charge is -1.77. The van der Waals surface area contributed by atoms with Gasteiger partial charge in [0.1, 0.15) is 6.54 Å². The summed E-state index contributed by atoms with van der Waals surface area (Å²) >= 11 is 5.10. The molecule has 0 bridgehead atoms. The molecule has 3 N–H and O–H groups in total. The fourth-order valence-corrected chi connectivity index (χ4v) is 1.84. The van der Waals surface area contributed by atoms with Gasteiger partial charge in [-0.3, -0.25) is 0 Å². The van der Waals surface area contributed by atoms with Crippen LogP contribution in [0.4, 0.5) is 0 Å². The van der Waals surface area contributed by atoms with Crippen molar-refractivity contribution >= 4 is 27.3 Å².